The van der Waals surface area contributed by atoms with Crippen LogP contribution >= 0.6 is 11.8 Å². The predicted molar refractivity (Wildman–Crippen MR) is 102 cm³/mol. The lowest BCUT2D eigenvalue weighted by atomic mass is 10.2. The molecule has 136 valence electrons. The molecule has 2 amide bonds. The van der Waals surface area contributed by atoms with Crippen molar-refractivity contribution in [3.05, 3.63) is 24.3 Å². The zero-order valence-corrected chi connectivity index (χ0v) is 15.8. The average molecular weight is 363 g/mol. The van der Waals surface area contributed by atoms with Crippen LogP contribution in [0, 0.1) is 0 Å². The van der Waals surface area contributed by atoms with Gasteiger partial charge in [0.1, 0.15) is 11.0 Å². The first-order valence-electron chi connectivity index (χ1n) is 8.64. The predicted octanol–water partition coefficient (Wildman–Crippen LogP) is 3.14. The van der Waals surface area contributed by atoms with Gasteiger partial charge in [0.05, 0.1) is 6.61 Å². The van der Waals surface area contributed by atoms with Gasteiger partial charge in [-0.3, -0.25) is 19.5 Å². The summed E-state index contributed by atoms with van der Waals surface area (Å²) in [4.78, 5) is 30.8. The summed E-state index contributed by atoms with van der Waals surface area (Å²) in [6.45, 7) is 7.69. The second-order valence-corrected chi connectivity index (χ2v) is 6.74. The van der Waals surface area contributed by atoms with E-state index in [9.17, 15) is 9.59 Å². The number of amides is 2. The Hall–Kier alpha value is -2.02. The molecule has 6 nitrogen and oxygen atoms in total. The molecule has 2 rings (SSSR count). The SMILES string of the molecule is CCCOc1ccc(NC(=O)C2CC(=O)N(CC)C(=NCC)S2)cc1. The van der Waals surface area contributed by atoms with E-state index in [4.69, 9.17) is 4.74 Å². The fourth-order valence-electron chi connectivity index (χ4n) is 2.40. The van der Waals surface area contributed by atoms with E-state index in [0.29, 0.717) is 30.6 Å². The van der Waals surface area contributed by atoms with E-state index in [2.05, 4.69) is 10.3 Å². The highest BCUT2D eigenvalue weighted by atomic mass is 32.2. The zero-order chi connectivity index (χ0) is 18.2. The molecule has 0 spiro atoms. The number of amidine groups is 1. The summed E-state index contributed by atoms with van der Waals surface area (Å²) >= 11 is 1.35. The minimum absolute atomic E-state index is 0.0584. The maximum absolute atomic E-state index is 12.5. The Morgan fingerprint density at radius 2 is 2.04 bits per heavy atom. The molecule has 1 N–H and O–H groups in total. The average Bonchev–Trinajstić information content (AvgIpc) is 2.61. The van der Waals surface area contributed by atoms with Crippen LogP contribution in [0.2, 0.25) is 0 Å². The highest BCUT2D eigenvalue weighted by molar-refractivity contribution is 8.15. The fraction of sp³-hybridized carbons (Fsp3) is 0.500. The van der Waals surface area contributed by atoms with E-state index in [-0.39, 0.29) is 18.2 Å². The standard InChI is InChI=1S/C18H25N3O3S/c1-4-11-24-14-9-7-13(8-10-14)20-17(23)15-12-16(22)21(6-3)18(25-15)19-5-2/h7-10,15H,4-6,11-12H2,1-3H3,(H,20,23). The number of thioether (sulfide) groups is 1. The van der Waals surface area contributed by atoms with Crippen molar-refractivity contribution < 1.29 is 14.3 Å². The number of nitrogens with zero attached hydrogens (tertiary/aromatic N) is 2. The molecular formula is C18H25N3O3S. The van der Waals surface area contributed by atoms with Crippen LogP contribution in [-0.4, -0.2) is 46.8 Å². The molecule has 0 bridgehead atoms. The Bertz CT molecular complexity index is 631. The fourth-order valence-corrected chi connectivity index (χ4v) is 3.61. The number of anilines is 1. The van der Waals surface area contributed by atoms with E-state index in [1.165, 1.54) is 11.8 Å². The summed E-state index contributed by atoms with van der Waals surface area (Å²) in [5, 5.41) is 3.04. The molecule has 1 heterocycles. The van der Waals surface area contributed by atoms with Gasteiger partial charge in [0.25, 0.3) is 0 Å². The lowest BCUT2D eigenvalue weighted by molar-refractivity contribution is -0.129. The number of benzene rings is 1. The van der Waals surface area contributed by atoms with Crippen molar-refractivity contribution in [2.24, 2.45) is 4.99 Å². The van der Waals surface area contributed by atoms with Crippen LogP contribution < -0.4 is 10.1 Å². The van der Waals surface area contributed by atoms with Crippen molar-refractivity contribution in [1.82, 2.24) is 4.90 Å². The number of hydrogen-bond acceptors (Lipinski definition) is 5. The van der Waals surface area contributed by atoms with Gasteiger partial charge in [-0.2, -0.15) is 0 Å². The van der Waals surface area contributed by atoms with E-state index in [1.807, 2.05) is 32.9 Å². The third-order valence-electron chi connectivity index (χ3n) is 3.64. The highest BCUT2D eigenvalue weighted by Crippen LogP contribution is 2.28. The van der Waals surface area contributed by atoms with Gasteiger partial charge in [-0.1, -0.05) is 18.7 Å². The molecule has 0 aromatic heterocycles. The largest absolute Gasteiger partial charge is 0.494 e. The number of hydrogen-bond donors (Lipinski definition) is 1. The Kier molecular flexibility index (Phi) is 7.31. The minimum Gasteiger partial charge on any atom is -0.494 e. The van der Waals surface area contributed by atoms with Crippen LogP contribution in [0.15, 0.2) is 29.3 Å². The van der Waals surface area contributed by atoms with Crippen LogP contribution in [0.4, 0.5) is 5.69 Å². The molecule has 1 aliphatic heterocycles. The molecule has 1 fully saturated rings. The van der Waals surface area contributed by atoms with Crippen molar-refractivity contribution >= 4 is 34.4 Å². The van der Waals surface area contributed by atoms with Gasteiger partial charge >= 0.3 is 0 Å². The van der Waals surface area contributed by atoms with Crippen molar-refractivity contribution in [2.45, 2.75) is 38.9 Å². The van der Waals surface area contributed by atoms with Crippen molar-refractivity contribution in [3.63, 3.8) is 0 Å². The van der Waals surface area contributed by atoms with Crippen LogP contribution in [-0.2, 0) is 9.59 Å². The maximum atomic E-state index is 12.5. The van der Waals surface area contributed by atoms with Crippen molar-refractivity contribution in [3.8, 4) is 5.75 Å². The maximum Gasteiger partial charge on any atom is 0.238 e. The van der Waals surface area contributed by atoms with Crippen LogP contribution in [0.3, 0.4) is 0 Å². The van der Waals surface area contributed by atoms with Gasteiger partial charge in [0.15, 0.2) is 5.17 Å². The van der Waals surface area contributed by atoms with Crippen LogP contribution in [0.1, 0.15) is 33.6 Å². The highest BCUT2D eigenvalue weighted by Gasteiger charge is 2.34. The number of nitrogens with one attached hydrogen (secondary N) is 1. The van der Waals surface area contributed by atoms with Crippen molar-refractivity contribution in [2.75, 3.05) is 25.0 Å². The van der Waals surface area contributed by atoms with Crippen molar-refractivity contribution in [1.29, 1.82) is 0 Å². The van der Waals surface area contributed by atoms with Gasteiger partial charge in [-0.15, -0.1) is 0 Å². The molecule has 1 atom stereocenters. The van der Waals surface area contributed by atoms with Crippen LogP contribution in [0.5, 0.6) is 5.75 Å². The molecule has 1 unspecified atom stereocenters. The summed E-state index contributed by atoms with van der Waals surface area (Å²) in [5.41, 5.74) is 0.689. The van der Waals surface area contributed by atoms with Gasteiger partial charge in [-0.05, 0) is 44.5 Å². The Balaban J connectivity index is 2.00. The molecule has 0 saturated carbocycles. The summed E-state index contributed by atoms with van der Waals surface area (Å²) in [6, 6.07) is 7.26. The van der Waals surface area contributed by atoms with Gasteiger partial charge in [0.2, 0.25) is 11.8 Å². The molecule has 1 aromatic rings. The molecule has 1 saturated heterocycles. The molecule has 25 heavy (non-hydrogen) atoms. The first kappa shape index (κ1) is 19.3. The summed E-state index contributed by atoms with van der Waals surface area (Å²) < 4.78 is 5.53. The topological polar surface area (TPSA) is 71.0 Å². The Morgan fingerprint density at radius 1 is 1.32 bits per heavy atom. The van der Waals surface area contributed by atoms with E-state index in [1.54, 1.807) is 17.0 Å². The van der Waals surface area contributed by atoms with E-state index in [0.717, 1.165) is 12.2 Å². The Morgan fingerprint density at radius 3 is 2.64 bits per heavy atom. The quantitative estimate of drug-likeness (QED) is 0.808. The van der Waals surface area contributed by atoms with Crippen LogP contribution in [0.25, 0.3) is 0 Å². The number of carbonyl (C=O) groups excluding carboxylic acids is 2. The van der Waals surface area contributed by atoms with E-state index < -0.39 is 5.25 Å². The Labute approximate surface area is 153 Å². The molecule has 1 aliphatic rings. The number of aliphatic imine (C=N–C) groups is 1. The first-order valence-corrected chi connectivity index (χ1v) is 9.52. The molecule has 0 aliphatic carbocycles. The van der Waals surface area contributed by atoms with Gasteiger partial charge in [0, 0.05) is 25.2 Å². The second kappa shape index (κ2) is 9.46. The van der Waals surface area contributed by atoms with Gasteiger partial charge < -0.3 is 10.1 Å². The minimum atomic E-state index is -0.461. The number of carbonyl (C=O) groups is 2. The summed E-state index contributed by atoms with van der Waals surface area (Å²) in [7, 11) is 0. The number of rotatable bonds is 7. The second-order valence-electron chi connectivity index (χ2n) is 5.57. The normalized spacial score (nSPS) is 19.2. The smallest absolute Gasteiger partial charge is 0.238 e. The molecular weight excluding hydrogens is 338 g/mol. The molecule has 0 radical (unpaired) electrons. The monoisotopic (exact) mass is 363 g/mol. The lowest BCUT2D eigenvalue weighted by Crippen LogP contribution is -2.45. The number of ether oxygens (including phenoxy) is 1. The first-order chi connectivity index (χ1) is 12.1. The molecule has 1 aromatic carbocycles. The lowest BCUT2D eigenvalue weighted by Gasteiger charge is -2.30. The summed E-state index contributed by atoms with van der Waals surface area (Å²) in [6.07, 6.45) is 1.13. The third-order valence-corrected chi connectivity index (χ3v) is 4.86. The summed E-state index contributed by atoms with van der Waals surface area (Å²) in [5.74, 6) is 0.537. The zero-order valence-electron chi connectivity index (χ0n) is 14.9. The van der Waals surface area contributed by atoms with Gasteiger partial charge in [-0.25, -0.2) is 0 Å². The van der Waals surface area contributed by atoms with E-state index >= 15 is 0 Å². The third kappa shape index (κ3) is 5.22. The molecule has 7 heteroatoms.